The van der Waals surface area contributed by atoms with E-state index in [1.165, 1.54) is 10.7 Å². The van der Waals surface area contributed by atoms with Crippen molar-refractivity contribution in [2.45, 2.75) is 19.4 Å². The molecule has 3 heterocycles. The molecule has 122 valence electrons. The molecule has 0 bridgehead atoms. The summed E-state index contributed by atoms with van der Waals surface area (Å²) in [6, 6.07) is 2.45. The van der Waals surface area contributed by atoms with Crippen molar-refractivity contribution in [1.82, 2.24) is 30.2 Å². The lowest BCUT2D eigenvalue weighted by Gasteiger charge is -2.13. The van der Waals surface area contributed by atoms with Crippen molar-refractivity contribution in [3.63, 3.8) is 0 Å². The van der Waals surface area contributed by atoms with E-state index in [0.29, 0.717) is 13.1 Å². The monoisotopic (exact) mass is 328 g/mol. The number of aromatic nitrogens is 4. The van der Waals surface area contributed by atoms with Crippen LogP contribution in [0.25, 0.3) is 0 Å². The van der Waals surface area contributed by atoms with E-state index in [4.69, 9.17) is 0 Å². The largest absolute Gasteiger partial charge is 0.504 e. The third kappa shape index (κ3) is 2.89. The number of alkyl halides is 3. The second-order valence-corrected chi connectivity index (χ2v) is 4.78. The summed E-state index contributed by atoms with van der Waals surface area (Å²) in [5, 5.41) is 12.1. The number of amides is 2. The Morgan fingerprint density at radius 2 is 2.22 bits per heavy atom. The van der Waals surface area contributed by atoms with E-state index in [-0.39, 0.29) is 34.2 Å². The van der Waals surface area contributed by atoms with Crippen LogP contribution in [0.5, 0.6) is 0 Å². The molecule has 3 rings (SSSR count). The van der Waals surface area contributed by atoms with Gasteiger partial charge in [-0.05, 0) is 6.07 Å². The van der Waals surface area contributed by atoms with Crippen LogP contribution in [-0.4, -0.2) is 37.9 Å². The molecule has 2 aromatic heterocycles. The van der Waals surface area contributed by atoms with Crippen LogP contribution in [0.15, 0.2) is 18.3 Å². The van der Waals surface area contributed by atoms with Gasteiger partial charge in [0.15, 0.2) is 5.69 Å². The van der Waals surface area contributed by atoms with Gasteiger partial charge in [0, 0.05) is 18.8 Å². The first kappa shape index (κ1) is 15.1. The molecule has 0 spiro atoms. The molecule has 0 saturated carbocycles. The Morgan fingerprint density at radius 1 is 1.43 bits per heavy atom. The zero-order valence-corrected chi connectivity index (χ0v) is 11.6. The van der Waals surface area contributed by atoms with Gasteiger partial charge in [0.25, 0.3) is 11.8 Å². The second kappa shape index (κ2) is 5.41. The molecular formula is C12H11F3N6O2. The first-order chi connectivity index (χ1) is 10.9. The predicted octanol–water partition coefficient (Wildman–Crippen LogP) is 0.229. The number of carbonyl (C=O) groups is 2. The van der Waals surface area contributed by atoms with Crippen molar-refractivity contribution in [1.29, 1.82) is 0 Å². The molecule has 0 fully saturated rings. The average molecular weight is 328 g/mol. The number of halogens is 3. The van der Waals surface area contributed by atoms with Gasteiger partial charge in [0.05, 0.1) is 18.8 Å². The minimum absolute atomic E-state index is 0.0323. The fraction of sp³-hybridized carbons (Fsp3) is 0.333. The smallest absolute Gasteiger partial charge is 0.349 e. The van der Waals surface area contributed by atoms with Gasteiger partial charge in [-0.15, -0.1) is 13.2 Å². The molecular weight excluding hydrogens is 317 g/mol. The maximum absolute atomic E-state index is 12.7. The van der Waals surface area contributed by atoms with Crippen molar-refractivity contribution in [3.8, 4) is 0 Å². The van der Waals surface area contributed by atoms with Crippen LogP contribution < -0.4 is 10.6 Å². The highest BCUT2D eigenvalue weighted by Crippen LogP contribution is 2.22. The molecule has 2 amide bonds. The van der Waals surface area contributed by atoms with Crippen molar-refractivity contribution in [2.24, 2.45) is 0 Å². The minimum Gasteiger partial charge on any atom is -0.349 e. The number of carbonyl (C=O) groups excluding carboxylic acids is 2. The Kier molecular flexibility index (Phi) is 3.54. The summed E-state index contributed by atoms with van der Waals surface area (Å²) in [5.74, 6) is -1.02. The standard InChI is InChI=1S/C12H11F3N6O2/c13-12(14,15)21-7(1-2-18-21)6-17-10(22)8-5-9-11(23)16-3-4-20(9)19-8/h1-2,5H,3-4,6H2,(H,16,23)(H,17,22). The van der Waals surface area contributed by atoms with Gasteiger partial charge < -0.3 is 10.6 Å². The van der Waals surface area contributed by atoms with Crippen LogP contribution in [0, 0.1) is 0 Å². The lowest BCUT2D eigenvalue weighted by Crippen LogP contribution is -2.35. The highest BCUT2D eigenvalue weighted by atomic mass is 19.4. The lowest BCUT2D eigenvalue weighted by molar-refractivity contribution is -0.213. The molecule has 11 heteroatoms. The first-order valence-corrected chi connectivity index (χ1v) is 6.60. The SMILES string of the molecule is O=C(NCc1ccnn1C(F)(F)F)c1cc2n(n1)CCNC2=O. The van der Waals surface area contributed by atoms with E-state index < -0.39 is 12.2 Å². The van der Waals surface area contributed by atoms with Crippen molar-refractivity contribution < 1.29 is 22.8 Å². The van der Waals surface area contributed by atoms with Gasteiger partial charge in [-0.25, -0.2) is 0 Å². The number of hydrogen-bond acceptors (Lipinski definition) is 4. The molecule has 2 aromatic rings. The van der Waals surface area contributed by atoms with Crippen LogP contribution in [0.4, 0.5) is 13.2 Å². The summed E-state index contributed by atoms with van der Waals surface area (Å²) in [6.45, 7) is 0.460. The van der Waals surface area contributed by atoms with E-state index in [1.807, 2.05) is 0 Å². The number of nitrogens with one attached hydrogen (secondary N) is 2. The summed E-state index contributed by atoms with van der Waals surface area (Å²) < 4.78 is 39.2. The van der Waals surface area contributed by atoms with Gasteiger partial charge in [-0.2, -0.15) is 14.9 Å². The molecule has 2 N–H and O–H groups in total. The highest BCUT2D eigenvalue weighted by Gasteiger charge is 2.33. The predicted molar refractivity (Wildman–Crippen MR) is 69.3 cm³/mol. The highest BCUT2D eigenvalue weighted by molar-refractivity contribution is 5.98. The molecule has 1 aliphatic rings. The van der Waals surface area contributed by atoms with E-state index in [1.54, 1.807) is 0 Å². The molecule has 23 heavy (non-hydrogen) atoms. The van der Waals surface area contributed by atoms with Gasteiger partial charge in [0.1, 0.15) is 5.69 Å². The maximum Gasteiger partial charge on any atom is 0.504 e. The molecule has 0 saturated heterocycles. The Hall–Kier alpha value is -2.85. The van der Waals surface area contributed by atoms with Crippen LogP contribution in [0.2, 0.25) is 0 Å². The molecule has 0 unspecified atom stereocenters. The molecule has 0 atom stereocenters. The van der Waals surface area contributed by atoms with Gasteiger partial charge in [0.2, 0.25) is 0 Å². The van der Waals surface area contributed by atoms with Crippen LogP contribution in [-0.2, 0) is 19.4 Å². The number of fused-ring (bicyclic) bond motifs is 1. The Morgan fingerprint density at radius 3 is 2.91 bits per heavy atom. The number of hydrogen-bond donors (Lipinski definition) is 2. The second-order valence-electron chi connectivity index (χ2n) is 4.78. The third-order valence-electron chi connectivity index (χ3n) is 3.25. The summed E-state index contributed by atoms with van der Waals surface area (Å²) in [4.78, 5) is 23.6. The lowest BCUT2D eigenvalue weighted by atomic mass is 10.3. The fourth-order valence-corrected chi connectivity index (χ4v) is 2.20. The normalized spacial score (nSPS) is 14.3. The van der Waals surface area contributed by atoms with Gasteiger partial charge >= 0.3 is 6.30 Å². The number of nitrogens with zero attached hydrogens (tertiary/aromatic N) is 4. The van der Waals surface area contributed by atoms with Crippen LogP contribution in [0.1, 0.15) is 26.7 Å². The zero-order valence-electron chi connectivity index (χ0n) is 11.6. The number of rotatable bonds is 3. The molecule has 0 radical (unpaired) electrons. The summed E-state index contributed by atoms with van der Waals surface area (Å²) in [6.07, 6.45) is -3.66. The average Bonchev–Trinajstić information content (AvgIpc) is 3.11. The molecule has 0 aromatic carbocycles. The van der Waals surface area contributed by atoms with E-state index in [0.717, 1.165) is 12.3 Å². The third-order valence-corrected chi connectivity index (χ3v) is 3.25. The fourth-order valence-electron chi connectivity index (χ4n) is 2.20. The maximum atomic E-state index is 12.7. The van der Waals surface area contributed by atoms with Gasteiger partial charge in [-0.3, -0.25) is 14.3 Å². The van der Waals surface area contributed by atoms with E-state index >= 15 is 0 Å². The molecule has 1 aliphatic heterocycles. The Bertz CT molecular complexity index is 763. The minimum atomic E-state index is -4.66. The van der Waals surface area contributed by atoms with Gasteiger partial charge in [-0.1, -0.05) is 0 Å². The molecule has 0 aliphatic carbocycles. The van der Waals surface area contributed by atoms with E-state index in [9.17, 15) is 22.8 Å². The first-order valence-electron chi connectivity index (χ1n) is 6.60. The van der Waals surface area contributed by atoms with Crippen LogP contribution >= 0.6 is 0 Å². The van der Waals surface area contributed by atoms with Crippen molar-refractivity contribution >= 4 is 11.8 Å². The summed E-state index contributed by atoms with van der Waals surface area (Å²) in [5.41, 5.74) is -0.00979. The Labute approximate surface area is 127 Å². The topological polar surface area (TPSA) is 93.8 Å². The zero-order chi connectivity index (χ0) is 16.6. The Balaban J connectivity index is 1.71. The summed E-state index contributed by atoms with van der Waals surface area (Å²) >= 11 is 0. The van der Waals surface area contributed by atoms with Crippen molar-refractivity contribution in [2.75, 3.05) is 6.54 Å². The summed E-state index contributed by atoms with van der Waals surface area (Å²) in [7, 11) is 0. The van der Waals surface area contributed by atoms with Crippen molar-refractivity contribution in [3.05, 3.63) is 35.4 Å². The van der Waals surface area contributed by atoms with Crippen LogP contribution in [0.3, 0.4) is 0 Å². The molecule has 8 nitrogen and oxygen atoms in total. The quantitative estimate of drug-likeness (QED) is 0.843. The van der Waals surface area contributed by atoms with E-state index in [2.05, 4.69) is 20.8 Å².